The van der Waals surface area contributed by atoms with Crippen LogP contribution in [0.1, 0.15) is 32.1 Å². The maximum absolute atomic E-state index is 5.19. The lowest BCUT2D eigenvalue weighted by molar-refractivity contribution is 0.115. The highest BCUT2D eigenvalue weighted by molar-refractivity contribution is 4.82. The summed E-state index contributed by atoms with van der Waals surface area (Å²) in [5.74, 6) is 0. The van der Waals surface area contributed by atoms with Crippen LogP contribution in [0.15, 0.2) is 0 Å². The van der Waals surface area contributed by atoms with Gasteiger partial charge in [0, 0.05) is 26.2 Å². The fraction of sp³-hybridized carbons (Fsp3) is 1.00. The van der Waals surface area contributed by atoms with Gasteiger partial charge >= 0.3 is 0 Å². The molecule has 0 N–H and O–H groups in total. The third-order valence-electron chi connectivity index (χ3n) is 4.00. The van der Waals surface area contributed by atoms with Gasteiger partial charge < -0.3 is 9.64 Å². The second-order valence-electron chi connectivity index (χ2n) is 5.19. The molecule has 2 aliphatic heterocycles. The van der Waals surface area contributed by atoms with Gasteiger partial charge in [-0.3, -0.25) is 4.90 Å². The summed E-state index contributed by atoms with van der Waals surface area (Å²) in [5.41, 5.74) is 0. The maximum Gasteiger partial charge on any atom is 0.0589 e. The van der Waals surface area contributed by atoms with Gasteiger partial charge in [-0.15, -0.1) is 0 Å². The molecule has 2 aliphatic rings. The lowest BCUT2D eigenvalue weighted by atomic mass is 10.1. The van der Waals surface area contributed by atoms with Crippen molar-refractivity contribution < 1.29 is 4.74 Å². The van der Waals surface area contributed by atoms with Crippen LogP contribution in [0.25, 0.3) is 0 Å². The smallest absolute Gasteiger partial charge is 0.0589 e. The van der Waals surface area contributed by atoms with Crippen molar-refractivity contribution in [1.29, 1.82) is 0 Å². The van der Waals surface area contributed by atoms with Gasteiger partial charge in [0.25, 0.3) is 0 Å². The van der Waals surface area contributed by atoms with Crippen molar-refractivity contribution in [1.82, 2.24) is 9.80 Å². The van der Waals surface area contributed by atoms with Gasteiger partial charge in [-0.2, -0.15) is 0 Å². The van der Waals surface area contributed by atoms with Crippen LogP contribution in [0, 0.1) is 0 Å². The van der Waals surface area contributed by atoms with E-state index in [0.29, 0.717) is 0 Å². The predicted octanol–water partition coefficient (Wildman–Crippen LogP) is 1.58. The first-order valence-electron chi connectivity index (χ1n) is 6.85. The normalized spacial score (nSPS) is 28.7. The van der Waals surface area contributed by atoms with Crippen LogP contribution in [0.5, 0.6) is 0 Å². The van der Waals surface area contributed by atoms with E-state index in [2.05, 4.69) is 9.80 Å². The first kappa shape index (κ1) is 12.3. The average molecular weight is 226 g/mol. The molecule has 0 radical (unpaired) electrons. The molecule has 0 aromatic carbocycles. The molecule has 0 saturated carbocycles. The summed E-state index contributed by atoms with van der Waals surface area (Å²) in [5, 5.41) is 0. The minimum Gasteiger partial charge on any atom is -0.383 e. The Morgan fingerprint density at radius 2 is 1.88 bits per heavy atom. The second-order valence-corrected chi connectivity index (χ2v) is 5.19. The van der Waals surface area contributed by atoms with E-state index in [1.807, 2.05) is 0 Å². The lowest BCUT2D eigenvalue weighted by Crippen LogP contribution is -2.43. The molecule has 2 saturated heterocycles. The zero-order chi connectivity index (χ0) is 11.2. The predicted molar refractivity (Wildman–Crippen MR) is 66.8 cm³/mol. The highest BCUT2D eigenvalue weighted by Crippen LogP contribution is 2.19. The van der Waals surface area contributed by atoms with Gasteiger partial charge in [-0.25, -0.2) is 0 Å². The molecule has 2 fully saturated rings. The quantitative estimate of drug-likeness (QED) is 0.708. The molecule has 0 aromatic rings. The van der Waals surface area contributed by atoms with E-state index in [0.717, 1.165) is 19.2 Å². The van der Waals surface area contributed by atoms with E-state index >= 15 is 0 Å². The number of methoxy groups -OCH3 is 1. The molecule has 3 heteroatoms. The molecule has 0 aromatic heterocycles. The Kier molecular flexibility index (Phi) is 5.07. The minimum atomic E-state index is 0.799. The van der Waals surface area contributed by atoms with Crippen molar-refractivity contribution in [3.8, 4) is 0 Å². The van der Waals surface area contributed by atoms with Crippen LogP contribution < -0.4 is 0 Å². The number of ether oxygens (including phenoxy) is 1. The van der Waals surface area contributed by atoms with Gasteiger partial charge in [-0.05, 0) is 45.3 Å². The Morgan fingerprint density at radius 3 is 2.62 bits per heavy atom. The number of hydrogen-bond acceptors (Lipinski definition) is 3. The second kappa shape index (κ2) is 6.58. The molecule has 16 heavy (non-hydrogen) atoms. The molecule has 0 unspecified atom stereocenters. The van der Waals surface area contributed by atoms with Crippen LogP contribution >= 0.6 is 0 Å². The molecule has 0 spiro atoms. The van der Waals surface area contributed by atoms with E-state index in [-0.39, 0.29) is 0 Å². The zero-order valence-corrected chi connectivity index (χ0v) is 10.7. The van der Waals surface area contributed by atoms with Crippen molar-refractivity contribution in [2.24, 2.45) is 0 Å². The monoisotopic (exact) mass is 226 g/mol. The summed E-state index contributed by atoms with van der Waals surface area (Å²) in [6, 6.07) is 0.799. The maximum atomic E-state index is 5.19. The SMILES string of the molecule is COCCN1CCC[C@@H]1CN1CCCCC1. The molecular weight excluding hydrogens is 200 g/mol. The number of likely N-dealkylation sites (tertiary alicyclic amines) is 2. The molecule has 0 amide bonds. The first-order valence-corrected chi connectivity index (χ1v) is 6.85. The largest absolute Gasteiger partial charge is 0.383 e. The van der Waals surface area contributed by atoms with Gasteiger partial charge in [-0.1, -0.05) is 6.42 Å². The Hall–Kier alpha value is -0.120. The van der Waals surface area contributed by atoms with Crippen LogP contribution in [0.3, 0.4) is 0 Å². The topological polar surface area (TPSA) is 15.7 Å². The molecule has 2 heterocycles. The third kappa shape index (κ3) is 3.44. The minimum absolute atomic E-state index is 0.799. The third-order valence-corrected chi connectivity index (χ3v) is 4.00. The van der Waals surface area contributed by atoms with E-state index in [1.54, 1.807) is 7.11 Å². The van der Waals surface area contributed by atoms with E-state index in [9.17, 15) is 0 Å². The first-order chi connectivity index (χ1) is 7.90. The molecule has 0 bridgehead atoms. The Labute approximate surface area is 99.7 Å². The number of rotatable bonds is 5. The van der Waals surface area contributed by atoms with Crippen molar-refractivity contribution in [2.45, 2.75) is 38.1 Å². The highest BCUT2D eigenvalue weighted by atomic mass is 16.5. The van der Waals surface area contributed by atoms with Crippen LogP contribution in [0.4, 0.5) is 0 Å². The molecule has 1 atom stereocenters. The Bertz CT molecular complexity index is 192. The van der Waals surface area contributed by atoms with Crippen molar-refractivity contribution in [3.05, 3.63) is 0 Å². The van der Waals surface area contributed by atoms with Crippen LogP contribution in [0.2, 0.25) is 0 Å². The number of piperidine rings is 1. The Morgan fingerprint density at radius 1 is 1.06 bits per heavy atom. The van der Waals surface area contributed by atoms with Gasteiger partial charge in [0.2, 0.25) is 0 Å². The zero-order valence-electron chi connectivity index (χ0n) is 10.7. The molecule has 3 nitrogen and oxygen atoms in total. The fourth-order valence-corrected chi connectivity index (χ4v) is 3.04. The summed E-state index contributed by atoms with van der Waals surface area (Å²) >= 11 is 0. The summed E-state index contributed by atoms with van der Waals surface area (Å²) in [6.45, 7) is 7.24. The molecule has 2 rings (SSSR count). The molecule has 0 aliphatic carbocycles. The summed E-state index contributed by atoms with van der Waals surface area (Å²) < 4.78 is 5.19. The summed E-state index contributed by atoms with van der Waals surface area (Å²) in [4.78, 5) is 5.29. The van der Waals surface area contributed by atoms with Gasteiger partial charge in [0.05, 0.1) is 6.61 Å². The fourth-order valence-electron chi connectivity index (χ4n) is 3.04. The van der Waals surface area contributed by atoms with Crippen molar-refractivity contribution in [2.75, 3.05) is 46.4 Å². The molecule has 94 valence electrons. The van der Waals surface area contributed by atoms with E-state index < -0.39 is 0 Å². The summed E-state index contributed by atoms with van der Waals surface area (Å²) in [6.07, 6.45) is 7.02. The standard InChI is InChI=1S/C13H26N2O/c1-16-11-10-15-9-5-6-13(15)12-14-7-3-2-4-8-14/h13H,2-12H2,1H3/t13-/m1/s1. The highest BCUT2D eigenvalue weighted by Gasteiger charge is 2.26. The average Bonchev–Trinajstić information content (AvgIpc) is 2.75. The number of nitrogens with zero attached hydrogens (tertiary/aromatic N) is 2. The van der Waals surface area contributed by atoms with Crippen LogP contribution in [-0.4, -0.2) is 62.3 Å². The van der Waals surface area contributed by atoms with Crippen molar-refractivity contribution >= 4 is 0 Å². The van der Waals surface area contributed by atoms with E-state index in [1.165, 1.54) is 58.3 Å². The van der Waals surface area contributed by atoms with Gasteiger partial charge in [0.15, 0.2) is 0 Å². The lowest BCUT2D eigenvalue weighted by Gasteiger charge is -2.32. The number of hydrogen-bond donors (Lipinski definition) is 0. The Balaban J connectivity index is 1.73. The summed E-state index contributed by atoms with van der Waals surface area (Å²) in [7, 11) is 1.80. The van der Waals surface area contributed by atoms with Crippen LogP contribution in [-0.2, 0) is 4.74 Å². The van der Waals surface area contributed by atoms with E-state index in [4.69, 9.17) is 4.74 Å². The van der Waals surface area contributed by atoms with Gasteiger partial charge in [0.1, 0.15) is 0 Å². The molecular formula is C13H26N2O. The van der Waals surface area contributed by atoms with Crippen molar-refractivity contribution in [3.63, 3.8) is 0 Å².